The van der Waals surface area contributed by atoms with E-state index in [4.69, 9.17) is 32.7 Å². The molecular weight excluding hydrogens is 387 g/mol. The van der Waals surface area contributed by atoms with Crippen molar-refractivity contribution in [1.29, 1.82) is 0 Å². The molecule has 2 aromatic rings. The van der Waals surface area contributed by atoms with Crippen molar-refractivity contribution < 1.29 is 17.9 Å². The summed E-state index contributed by atoms with van der Waals surface area (Å²) < 4.78 is 35.0. The first-order chi connectivity index (χ1) is 11.9. The van der Waals surface area contributed by atoms with Crippen molar-refractivity contribution in [3.05, 3.63) is 52.0 Å². The van der Waals surface area contributed by atoms with Crippen molar-refractivity contribution in [1.82, 2.24) is 4.83 Å². The minimum atomic E-state index is -3.85. The van der Waals surface area contributed by atoms with Gasteiger partial charge in [-0.1, -0.05) is 23.2 Å². The molecule has 0 bridgehead atoms. The smallest absolute Gasteiger partial charge is 0.276 e. The van der Waals surface area contributed by atoms with Crippen LogP contribution >= 0.6 is 23.2 Å². The molecule has 2 aromatic carbocycles. The van der Waals surface area contributed by atoms with E-state index in [2.05, 4.69) is 9.93 Å². The van der Waals surface area contributed by atoms with Gasteiger partial charge in [0.2, 0.25) is 0 Å². The first kappa shape index (κ1) is 19.4. The summed E-state index contributed by atoms with van der Waals surface area (Å²) in [6.45, 7) is 2.37. The standard InChI is InChI=1S/C16H16Cl2N2O4S/c1-3-24-15-7-4-11(8-16(15)23-2)10-19-20-25(21,22)12-5-6-13(17)14(18)9-12/h4-10,20H,3H2,1-2H3/b19-10+. The zero-order valence-corrected chi connectivity index (χ0v) is 15.8. The van der Waals surface area contributed by atoms with E-state index in [0.29, 0.717) is 23.7 Å². The molecular formula is C16H16Cl2N2O4S. The second kappa shape index (κ2) is 8.42. The molecule has 1 N–H and O–H groups in total. The van der Waals surface area contributed by atoms with Crippen LogP contribution < -0.4 is 14.3 Å². The van der Waals surface area contributed by atoms with Crippen LogP contribution in [0.2, 0.25) is 10.0 Å². The van der Waals surface area contributed by atoms with Gasteiger partial charge in [-0.15, -0.1) is 0 Å². The second-order valence-corrected chi connectivity index (χ2v) is 7.25. The van der Waals surface area contributed by atoms with E-state index in [1.807, 2.05) is 6.92 Å². The third-order valence-corrected chi connectivity index (χ3v) is 5.03. The van der Waals surface area contributed by atoms with E-state index in [-0.39, 0.29) is 14.9 Å². The average Bonchev–Trinajstić information content (AvgIpc) is 2.58. The molecule has 0 atom stereocenters. The highest BCUT2D eigenvalue weighted by atomic mass is 35.5. The van der Waals surface area contributed by atoms with E-state index in [1.165, 1.54) is 31.5 Å². The van der Waals surface area contributed by atoms with Gasteiger partial charge in [0, 0.05) is 0 Å². The predicted octanol–water partition coefficient (Wildman–Crippen LogP) is 3.71. The van der Waals surface area contributed by atoms with E-state index in [1.54, 1.807) is 18.2 Å². The van der Waals surface area contributed by atoms with Crippen molar-refractivity contribution in [2.45, 2.75) is 11.8 Å². The summed E-state index contributed by atoms with van der Waals surface area (Å²) in [6, 6.07) is 9.12. The Morgan fingerprint density at radius 3 is 2.52 bits per heavy atom. The van der Waals surface area contributed by atoms with Crippen LogP contribution in [0, 0.1) is 0 Å². The summed E-state index contributed by atoms with van der Waals surface area (Å²) in [5.41, 5.74) is 0.636. The number of hydrazone groups is 1. The monoisotopic (exact) mass is 402 g/mol. The molecule has 0 amide bonds. The van der Waals surface area contributed by atoms with E-state index in [9.17, 15) is 8.42 Å². The van der Waals surface area contributed by atoms with Crippen molar-refractivity contribution in [3.8, 4) is 11.5 Å². The van der Waals surface area contributed by atoms with Gasteiger partial charge in [0.1, 0.15) is 0 Å². The van der Waals surface area contributed by atoms with Crippen molar-refractivity contribution in [3.63, 3.8) is 0 Å². The highest BCUT2D eigenvalue weighted by Gasteiger charge is 2.14. The highest BCUT2D eigenvalue weighted by Crippen LogP contribution is 2.27. The fourth-order valence-electron chi connectivity index (χ4n) is 1.91. The molecule has 0 heterocycles. The Hall–Kier alpha value is -1.96. The first-order valence-electron chi connectivity index (χ1n) is 7.18. The predicted molar refractivity (Wildman–Crippen MR) is 98.5 cm³/mol. The fourth-order valence-corrected chi connectivity index (χ4v) is 3.09. The average molecular weight is 403 g/mol. The largest absolute Gasteiger partial charge is 0.493 e. The van der Waals surface area contributed by atoms with Crippen LogP contribution in [0.15, 0.2) is 46.4 Å². The number of methoxy groups -OCH3 is 1. The van der Waals surface area contributed by atoms with Crippen LogP contribution in [0.5, 0.6) is 11.5 Å². The number of hydrogen-bond donors (Lipinski definition) is 1. The van der Waals surface area contributed by atoms with Crippen molar-refractivity contribution in [2.24, 2.45) is 5.10 Å². The summed E-state index contributed by atoms with van der Waals surface area (Å²) in [6.07, 6.45) is 1.35. The van der Waals surface area contributed by atoms with Gasteiger partial charge in [-0.05, 0) is 48.9 Å². The quantitative estimate of drug-likeness (QED) is 0.565. The van der Waals surface area contributed by atoms with Gasteiger partial charge in [0.25, 0.3) is 10.0 Å². The number of nitrogens with one attached hydrogen (secondary N) is 1. The Balaban J connectivity index is 2.15. The van der Waals surface area contributed by atoms with Crippen LogP contribution in [-0.4, -0.2) is 28.3 Å². The molecule has 0 saturated heterocycles. The number of nitrogens with zero attached hydrogens (tertiary/aromatic N) is 1. The molecule has 0 saturated carbocycles. The van der Waals surface area contributed by atoms with Crippen molar-refractivity contribution in [2.75, 3.05) is 13.7 Å². The maximum absolute atomic E-state index is 12.2. The van der Waals surface area contributed by atoms with Crippen LogP contribution in [0.4, 0.5) is 0 Å². The SMILES string of the molecule is CCOc1ccc(/C=N/NS(=O)(=O)c2ccc(Cl)c(Cl)c2)cc1OC. The molecule has 0 unspecified atom stereocenters. The van der Waals surface area contributed by atoms with Gasteiger partial charge in [-0.3, -0.25) is 0 Å². The van der Waals surface area contributed by atoms with Crippen LogP contribution in [0.25, 0.3) is 0 Å². The maximum Gasteiger partial charge on any atom is 0.276 e. The Bertz CT molecular complexity index is 886. The lowest BCUT2D eigenvalue weighted by atomic mass is 10.2. The summed E-state index contributed by atoms with van der Waals surface area (Å²) in [5, 5.41) is 4.17. The number of sulfonamides is 1. The lowest BCUT2D eigenvalue weighted by molar-refractivity contribution is 0.311. The molecule has 0 radical (unpaired) electrons. The molecule has 0 aliphatic carbocycles. The zero-order valence-electron chi connectivity index (χ0n) is 13.5. The fraction of sp³-hybridized carbons (Fsp3) is 0.188. The van der Waals surface area contributed by atoms with E-state index < -0.39 is 10.0 Å². The Labute approximate surface area is 156 Å². The molecule has 0 fully saturated rings. The highest BCUT2D eigenvalue weighted by molar-refractivity contribution is 7.89. The normalized spacial score (nSPS) is 11.5. The molecule has 25 heavy (non-hydrogen) atoms. The Morgan fingerprint density at radius 1 is 1.12 bits per heavy atom. The molecule has 134 valence electrons. The summed E-state index contributed by atoms with van der Waals surface area (Å²) >= 11 is 11.6. The molecule has 6 nitrogen and oxygen atoms in total. The topological polar surface area (TPSA) is 77.0 Å². The molecule has 0 spiro atoms. The number of hydrogen-bond acceptors (Lipinski definition) is 5. The van der Waals surface area contributed by atoms with Crippen LogP contribution in [0.3, 0.4) is 0 Å². The van der Waals surface area contributed by atoms with E-state index in [0.717, 1.165) is 0 Å². The van der Waals surface area contributed by atoms with Crippen LogP contribution in [-0.2, 0) is 10.0 Å². The third kappa shape index (κ3) is 5.01. The first-order valence-corrected chi connectivity index (χ1v) is 9.42. The number of halogens is 2. The lowest BCUT2D eigenvalue weighted by Gasteiger charge is -2.09. The van der Waals surface area contributed by atoms with Gasteiger partial charge >= 0.3 is 0 Å². The number of benzene rings is 2. The van der Waals surface area contributed by atoms with Gasteiger partial charge in [0.05, 0.1) is 34.9 Å². The van der Waals surface area contributed by atoms with Crippen molar-refractivity contribution >= 4 is 39.4 Å². The number of rotatable bonds is 7. The second-order valence-electron chi connectivity index (χ2n) is 4.77. The number of ether oxygens (including phenoxy) is 2. The molecule has 0 aromatic heterocycles. The van der Waals surface area contributed by atoms with Gasteiger partial charge in [-0.2, -0.15) is 13.5 Å². The third-order valence-electron chi connectivity index (χ3n) is 3.08. The molecule has 0 aliphatic heterocycles. The summed E-state index contributed by atoms with van der Waals surface area (Å²) in [4.78, 5) is 2.08. The Morgan fingerprint density at radius 2 is 1.88 bits per heavy atom. The summed E-state index contributed by atoms with van der Waals surface area (Å²) in [7, 11) is -2.33. The van der Waals surface area contributed by atoms with Gasteiger partial charge in [-0.25, -0.2) is 4.83 Å². The van der Waals surface area contributed by atoms with Gasteiger partial charge < -0.3 is 9.47 Å². The molecule has 9 heteroatoms. The minimum Gasteiger partial charge on any atom is -0.493 e. The lowest BCUT2D eigenvalue weighted by Crippen LogP contribution is -2.18. The Kier molecular flexibility index (Phi) is 6.52. The zero-order chi connectivity index (χ0) is 18.4. The minimum absolute atomic E-state index is 0.0386. The summed E-state index contributed by atoms with van der Waals surface area (Å²) in [5.74, 6) is 1.12. The molecule has 2 rings (SSSR count). The van der Waals surface area contributed by atoms with Gasteiger partial charge in [0.15, 0.2) is 11.5 Å². The van der Waals surface area contributed by atoms with Crippen LogP contribution in [0.1, 0.15) is 12.5 Å². The maximum atomic E-state index is 12.2. The van der Waals surface area contributed by atoms with E-state index >= 15 is 0 Å². The molecule has 0 aliphatic rings.